The van der Waals surface area contributed by atoms with Crippen molar-refractivity contribution in [3.63, 3.8) is 0 Å². The number of rotatable bonds is 4. The Hall–Kier alpha value is -1.75. The molecule has 0 spiro atoms. The Kier molecular flexibility index (Phi) is 4.25. The molecule has 1 heterocycles. The molecule has 0 radical (unpaired) electrons. The minimum atomic E-state index is -0.604. The lowest BCUT2D eigenvalue weighted by atomic mass is 10.1. The molecule has 114 valence electrons. The molecule has 1 aliphatic heterocycles. The molecule has 0 fully saturated rings. The van der Waals surface area contributed by atoms with Gasteiger partial charge in [0, 0.05) is 23.2 Å². The van der Waals surface area contributed by atoms with Crippen molar-refractivity contribution >= 4 is 16.7 Å². The van der Waals surface area contributed by atoms with Crippen LogP contribution in [0.3, 0.4) is 0 Å². The van der Waals surface area contributed by atoms with Gasteiger partial charge in [0.2, 0.25) is 0 Å². The topological polar surface area (TPSA) is 41.3 Å². The van der Waals surface area contributed by atoms with Crippen LogP contribution in [0.2, 0.25) is 0 Å². The summed E-state index contributed by atoms with van der Waals surface area (Å²) in [6, 6.07) is 18.8. The summed E-state index contributed by atoms with van der Waals surface area (Å²) in [6.07, 6.45) is 2.01. The molecule has 0 saturated carbocycles. The van der Waals surface area contributed by atoms with Gasteiger partial charge in [-0.3, -0.25) is 5.73 Å². The number of hydrogen-bond donors (Lipinski definition) is 2. The maximum Gasteiger partial charge on any atom is 0.165 e. The molecule has 1 aliphatic rings. The predicted molar refractivity (Wildman–Crippen MR) is 94.8 cm³/mol. The fraction of sp³-hybridized carbons (Fsp3) is 0.222. The Morgan fingerprint density at radius 2 is 1.86 bits per heavy atom. The van der Waals surface area contributed by atoms with Gasteiger partial charge in [-0.05, 0) is 31.3 Å². The van der Waals surface area contributed by atoms with E-state index >= 15 is 0 Å². The van der Waals surface area contributed by atoms with Gasteiger partial charge >= 0.3 is 0 Å². The average molecular weight is 311 g/mol. The van der Waals surface area contributed by atoms with Crippen LogP contribution in [0, 0.1) is 0 Å². The lowest BCUT2D eigenvalue weighted by Crippen LogP contribution is -2.42. The summed E-state index contributed by atoms with van der Waals surface area (Å²) >= 11 is 1.66. The van der Waals surface area contributed by atoms with E-state index in [0.717, 1.165) is 12.1 Å². The molecule has 1 atom stereocenters. The Morgan fingerprint density at radius 3 is 2.59 bits per heavy atom. The van der Waals surface area contributed by atoms with E-state index in [1.807, 2.05) is 24.4 Å². The first-order valence-corrected chi connectivity index (χ1v) is 8.14. The first-order chi connectivity index (χ1) is 10.6. The number of nitrogens with two attached hydrogens (primary N) is 1. The third kappa shape index (κ3) is 3.19. The second-order valence-electron chi connectivity index (χ2n) is 5.79. The van der Waals surface area contributed by atoms with Crippen molar-refractivity contribution in [3.8, 4) is 0 Å². The van der Waals surface area contributed by atoms with Gasteiger partial charge in [0.15, 0.2) is 4.99 Å². The smallest absolute Gasteiger partial charge is 0.165 e. The number of nitrogens with zero attached hydrogens (tertiary/aromatic N) is 1. The van der Waals surface area contributed by atoms with E-state index in [0.29, 0.717) is 0 Å². The van der Waals surface area contributed by atoms with Gasteiger partial charge in [0.25, 0.3) is 0 Å². The van der Waals surface area contributed by atoms with Gasteiger partial charge < -0.3 is 10.2 Å². The van der Waals surface area contributed by atoms with Crippen LogP contribution in [0.4, 0.5) is 0 Å². The van der Waals surface area contributed by atoms with E-state index in [9.17, 15) is 0 Å². The highest BCUT2D eigenvalue weighted by Crippen LogP contribution is 2.43. The Bertz CT molecular complexity index is 682. The summed E-state index contributed by atoms with van der Waals surface area (Å²) in [5.74, 6) is 0. The Balaban J connectivity index is 1.81. The van der Waals surface area contributed by atoms with E-state index in [1.54, 1.807) is 11.8 Å². The average Bonchev–Trinajstić information content (AvgIpc) is 2.92. The molecule has 0 aromatic heterocycles. The van der Waals surface area contributed by atoms with Gasteiger partial charge in [0.05, 0.1) is 0 Å². The SMILES string of the molecule is CN(C)Cc1cccc(C2(N)NC=C(c3ccccc3)S2)c1. The molecular formula is C18H21N3S. The quantitative estimate of drug-likeness (QED) is 0.910. The number of hydrogen-bond acceptors (Lipinski definition) is 4. The van der Waals surface area contributed by atoms with E-state index in [1.165, 1.54) is 16.0 Å². The first kappa shape index (κ1) is 15.2. The molecule has 3 N–H and O–H groups in total. The molecule has 1 unspecified atom stereocenters. The zero-order valence-electron chi connectivity index (χ0n) is 12.9. The summed E-state index contributed by atoms with van der Waals surface area (Å²) in [4.78, 5) is 2.72. The molecule has 0 aliphatic carbocycles. The standard InChI is InChI=1S/C18H21N3S/c1-21(2)13-14-7-6-10-16(11-14)18(19)20-12-17(22-18)15-8-4-3-5-9-15/h3-12,20H,13,19H2,1-2H3. The maximum atomic E-state index is 6.59. The van der Waals surface area contributed by atoms with Crippen LogP contribution in [0.15, 0.2) is 60.8 Å². The fourth-order valence-electron chi connectivity index (χ4n) is 2.56. The zero-order valence-corrected chi connectivity index (χ0v) is 13.7. The number of nitrogens with one attached hydrogen (secondary N) is 1. The van der Waals surface area contributed by atoms with Crippen molar-refractivity contribution in [1.82, 2.24) is 10.2 Å². The van der Waals surface area contributed by atoms with Gasteiger partial charge in [-0.15, -0.1) is 0 Å². The highest BCUT2D eigenvalue weighted by molar-refractivity contribution is 8.09. The van der Waals surface area contributed by atoms with E-state index in [4.69, 9.17) is 5.73 Å². The van der Waals surface area contributed by atoms with Crippen LogP contribution in [-0.4, -0.2) is 19.0 Å². The van der Waals surface area contributed by atoms with Crippen molar-refractivity contribution < 1.29 is 0 Å². The van der Waals surface area contributed by atoms with Crippen LogP contribution in [0.5, 0.6) is 0 Å². The van der Waals surface area contributed by atoms with E-state index in [-0.39, 0.29) is 0 Å². The monoisotopic (exact) mass is 311 g/mol. The predicted octanol–water partition coefficient (Wildman–Crippen LogP) is 3.15. The minimum absolute atomic E-state index is 0.604. The highest BCUT2D eigenvalue weighted by Gasteiger charge is 2.33. The van der Waals surface area contributed by atoms with Crippen molar-refractivity contribution in [1.29, 1.82) is 0 Å². The summed E-state index contributed by atoms with van der Waals surface area (Å²) in [5.41, 5.74) is 10.1. The molecule has 3 nitrogen and oxygen atoms in total. The van der Waals surface area contributed by atoms with Crippen LogP contribution >= 0.6 is 11.8 Å². The molecule has 0 amide bonds. The van der Waals surface area contributed by atoms with Crippen LogP contribution in [0.25, 0.3) is 4.91 Å². The molecule has 2 aromatic rings. The zero-order chi connectivity index (χ0) is 15.6. The summed E-state index contributed by atoms with van der Waals surface area (Å²) in [6.45, 7) is 0.910. The van der Waals surface area contributed by atoms with Crippen molar-refractivity contribution in [2.45, 2.75) is 11.5 Å². The molecule has 0 saturated heterocycles. The largest absolute Gasteiger partial charge is 0.360 e. The summed E-state index contributed by atoms with van der Waals surface area (Å²) in [7, 11) is 4.14. The Labute approximate surface area is 136 Å². The van der Waals surface area contributed by atoms with Gasteiger partial charge in [-0.1, -0.05) is 60.3 Å². The lowest BCUT2D eigenvalue weighted by molar-refractivity contribution is 0.402. The molecule has 3 rings (SSSR count). The van der Waals surface area contributed by atoms with Crippen molar-refractivity contribution in [3.05, 3.63) is 77.5 Å². The fourth-order valence-corrected chi connectivity index (χ4v) is 3.64. The normalized spacial score (nSPS) is 20.8. The first-order valence-electron chi connectivity index (χ1n) is 7.32. The second kappa shape index (κ2) is 6.16. The molecular weight excluding hydrogens is 290 g/mol. The van der Waals surface area contributed by atoms with Crippen LogP contribution in [-0.2, 0) is 11.5 Å². The second-order valence-corrected chi connectivity index (χ2v) is 7.08. The van der Waals surface area contributed by atoms with Gasteiger partial charge in [-0.2, -0.15) is 0 Å². The van der Waals surface area contributed by atoms with E-state index < -0.39 is 4.99 Å². The third-order valence-corrected chi connectivity index (χ3v) is 4.85. The molecule has 2 aromatic carbocycles. The molecule has 22 heavy (non-hydrogen) atoms. The highest BCUT2D eigenvalue weighted by atomic mass is 32.2. The summed E-state index contributed by atoms with van der Waals surface area (Å²) in [5, 5.41) is 3.34. The number of benzene rings is 2. The number of thioether (sulfide) groups is 1. The van der Waals surface area contributed by atoms with Crippen molar-refractivity contribution in [2.75, 3.05) is 14.1 Å². The Morgan fingerprint density at radius 1 is 1.09 bits per heavy atom. The summed E-state index contributed by atoms with van der Waals surface area (Å²) < 4.78 is 0. The lowest BCUT2D eigenvalue weighted by Gasteiger charge is -2.25. The molecule has 4 heteroatoms. The third-order valence-electron chi connectivity index (χ3n) is 3.60. The minimum Gasteiger partial charge on any atom is -0.360 e. The van der Waals surface area contributed by atoms with Gasteiger partial charge in [-0.25, -0.2) is 0 Å². The van der Waals surface area contributed by atoms with Crippen LogP contribution in [0.1, 0.15) is 16.7 Å². The van der Waals surface area contributed by atoms with E-state index in [2.05, 4.69) is 60.7 Å². The van der Waals surface area contributed by atoms with Crippen LogP contribution < -0.4 is 11.1 Å². The maximum absolute atomic E-state index is 6.59. The molecule has 0 bridgehead atoms. The van der Waals surface area contributed by atoms with Crippen molar-refractivity contribution in [2.24, 2.45) is 5.73 Å². The van der Waals surface area contributed by atoms with Gasteiger partial charge in [0.1, 0.15) is 0 Å².